The molecule has 2 aliphatic rings. The highest BCUT2D eigenvalue weighted by Crippen LogP contribution is 2.23. The molecule has 6 nitrogen and oxygen atoms in total. The van der Waals surface area contributed by atoms with E-state index in [2.05, 4.69) is 4.90 Å². The molecule has 0 aliphatic carbocycles. The van der Waals surface area contributed by atoms with E-state index in [-0.39, 0.29) is 19.1 Å². The van der Waals surface area contributed by atoms with E-state index in [1.165, 1.54) is 0 Å². The fourth-order valence-electron chi connectivity index (χ4n) is 3.82. The molecule has 6 heteroatoms. The molecule has 2 saturated heterocycles. The van der Waals surface area contributed by atoms with Crippen LogP contribution >= 0.6 is 0 Å². The number of aryl methyl sites for hydroxylation is 1. The maximum absolute atomic E-state index is 11.5. The predicted octanol–water partition coefficient (Wildman–Crippen LogP) is 1.45. The molecule has 1 amide bonds. The zero-order valence-corrected chi connectivity index (χ0v) is 15.8. The number of likely N-dealkylation sites (tertiary alicyclic amines) is 1. The van der Waals surface area contributed by atoms with Gasteiger partial charge in [0.2, 0.25) is 5.91 Å². The van der Waals surface area contributed by atoms with Crippen LogP contribution in [-0.2, 0) is 9.53 Å². The molecule has 2 fully saturated rings. The maximum Gasteiger partial charge on any atom is 0.219 e. The molecule has 144 valence electrons. The van der Waals surface area contributed by atoms with Crippen LogP contribution in [0.4, 0.5) is 0 Å². The van der Waals surface area contributed by atoms with E-state index in [9.17, 15) is 9.90 Å². The van der Waals surface area contributed by atoms with Gasteiger partial charge in [-0.2, -0.15) is 0 Å². The molecular weight excluding hydrogens is 332 g/mol. The first-order chi connectivity index (χ1) is 12.5. The Labute approximate surface area is 155 Å². The second kappa shape index (κ2) is 8.37. The van der Waals surface area contributed by atoms with Crippen molar-refractivity contribution in [2.45, 2.75) is 38.3 Å². The molecule has 0 spiro atoms. The van der Waals surface area contributed by atoms with E-state index < -0.39 is 5.60 Å². The normalized spacial score (nSPS) is 25.7. The molecular formula is C20H30N2O4. The van der Waals surface area contributed by atoms with E-state index in [1.807, 2.05) is 36.1 Å². The standard InChI is InChI=1S/C20H30N2O4/c1-16-5-3-4-6-19(16)26-15-20(24)13-22(11-12-25-14-20)18-7-9-21(10-8-18)17(2)23/h3-6,18,24H,7-15H2,1-2H3. The summed E-state index contributed by atoms with van der Waals surface area (Å²) in [6.45, 7) is 7.63. The number of β-amino-alcohol motifs (C(OH)–C–C–N with tert-alkyl or cyclic N) is 1. The average Bonchev–Trinajstić information content (AvgIpc) is 2.83. The van der Waals surface area contributed by atoms with Gasteiger partial charge in [0, 0.05) is 39.1 Å². The number of benzene rings is 1. The molecule has 3 rings (SSSR count). The Hall–Kier alpha value is -1.63. The van der Waals surface area contributed by atoms with Crippen molar-refractivity contribution in [1.29, 1.82) is 0 Å². The minimum Gasteiger partial charge on any atom is -0.490 e. The summed E-state index contributed by atoms with van der Waals surface area (Å²) in [4.78, 5) is 15.7. The molecule has 1 unspecified atom stereocenters. The number of hydrogen-bond acceptors (Lipinski definition) is 5. The zero-order valence-electron chi connectivity index (χ0n) is 15.8. The van der Waals surface area contributed by atoms with Crippen molar-refractivity contribution in [1.82, 2.24) is 9.80 Å². The number of carbonyl (C=O) groups excluding carboxylic acids is 1. The summed E-state index contributed by atoms with van der Waals surface area (Å²) < 4.78 is 11.6. The lowest BCUT2D eigenvalue weighted by Gasteiger charge is -2.40. The molecule has 0 radical (unpaired) electrons. The minimum absolute atomic E-state index is 0.144. The van der Waals surface area contributed by atoms with Gasteiger partial charge in [0.05, 0.1) is 13.2 Å². The largest absolute Gasteiger partial charge is 0.490 e. The first-order valence-corrected chi connectivity index (χ1v) is 9.45. The fourth-order valence-corrected chi connectivity index (χ4v) is 3.82. The minimum atomic E-state index is -1.03. The lowest BCUT2D eigenvalue weighted by Crippen LogP contribution is -2.53. The Morgan fingerprint density at radius 1 is 1.31 bits per heavy atom. The zero-order chi connectivity index (χ0) is 18.6. The monoisotopic (exact) mass is 362 g/mol. The summed E-state index contributed by atoms with van der Waals surface area (Å²) in [6, 6.07) is 8.20. The summed E-state index contributed by atoms with van der Waals surface area (Å²) in [6.07, 6.45) is 1.88. The van der Waals surface area contributed by atoms with Crippen LogP contribution in [0.25, 0.3) is 0 Å². The van der Waals surface area contributed by atoms with Gasteiger partial charge in [-0.05, 0) is 31.4 Å². The van der Waals surface area contributed by atoms with Crippen LogP contribution in [0.3, 0.4) is 0 Å². The number of ether oxygens (including phenoxy) is 2. The van der Waals surface area contributed by atoms with E-state index >= 15 is 0 Å². The highest BCUT2D eigenvalue weighted by Gasteiger charge is 2.37. The number of piperidine rings is 1. The van der Waals surface area contributed by atoms with Gasteiger partial charge in [-0.15, -0.1) is 0 Å². The highest BCUT2D eigenvalue weighted by molar-refractivity contribution is 5.73. The molecule has 1 aromatic rings. The van der Waals surface area contributed by atoms with Gasteiger partial charge in [0.25, 0.3) is 0 Å². The highest BCUT2D eigenvalue weighted by atomic mass is 16.5. The van der Waals surface area contributed by atoms with Gasteiger partial charge in [-0.25, -0.2) is 0 Å². The number of rotatable bonds is 4. The third kappa shape index (κ3) is 4.75. The molecule has 1 N–H and O–H groups in total. The van der Waals surface area contributed by atoms with Gasteiger partial charge in [-0.1, -0.05) is 18.2 Å². The summed E-state index contributed by atoms with van der Waals surface area (Å²) >= 11 is 0. The topological polar surface area (TPSA) is 62.2 Å². The van der Waals surface area contributed by atoms with Crippen molar-refractivity contribution in [3.05, 3.63) is 29.8 Å². The van der Waals surface area contributed by atoms with E-state index in [4.69, 9.17) is 9.47 Å². The van der Waals surface area contributed by atoms with Crippen molar-refractivity contribution >= 4 is 5.91 Å². The maximum atomic E-state index is 11.5. The number of amides is 1. The number of aliphatic hydroxyl groups is 1. The van der Waals surface area contributed by atoms with Crippen molar-refractivity contribution in [3.8, 4) is 5.75 Å². The number of hydrogen-bond donors (Lipinski definition) is 1. The van der Waals surface area contributed by atoms with Gasteiger partial charge >= 0.3 is 0 Å². The van der Waals surface area contributed by atoms with Crippen molar-refractivity contribution in [3.63, 3.8) is 0 Å². The van der Waals surface area contributed by atoms with Crippen LogP contribution in [0, 0.1) is 6.92 Å². The molecule has 0 saturated carbocycles. The molecule has 0 bridgehead atoms. The second-order valence-corrected chi connectivity index (χ2v) is 7.54. The lowest BCUT2D eigenvalue weighted by molar-refractivity contribution is -0.130. The van der Waals surface area contributed by atoms with Gasteiger partial charge in [-0.3, -0.25) is 9.69 Å². The Bertz CT molecular complexity index is 616. The molecule has 2 heterocycles. The molecule has 1 aromatic carbocycles. The van der Waals surface area contributed by atoms with Crippen molar-refractivity contribution in [2.75, 3.05) is 46.0 Å². The van der Waals surface area contributed by atoms with E-state index in [0.717, 1.165) is 43.8 Å². The van der Waals surface area contributed by atoms with Crippen LogP contribution in [0.5, 0.6) is 5.75 Å². The Balaban J connectivity index is 1.59. The van der Waals surface area contributed by atoms with Crippen LogP contribution in [-0.4, -0.2) is 78.5 Å². The Morgan fingerprint density at radius 3 is 2.73 bits per heavy atom. The van der Waals surface area contributed by atoms with Gasteiger partial charge < -0.3 is 19.5 Å². The average molecular weight is 362 g/mol. The Kier molecular flexibility index (Phi) is 6.16. The molecule has 2 aliphatic heterocycles. The van der Waals surface area contributed by atoms with Crippen molar-refractivity contribution < 1.29 is 19.4 Å². The summed E-state index contributed by atoms with van der Waals surface area (Å²) in [5.74, 6) is 0.942. The molecule has 26 heavy (non-hydrogen) atoms. The van der Waals surface area contributed by atoms with E-state index in [1.54, 1.807) is 6.92 Å². The first kappa shape index (κ1) is 19.1. The molecule has 0 aromatic heterocycles. The summed E-state index contributed by atoms with van der Waals surface area (Å²) in [5.41, 5.74) is 0.0235. The fraction of sp³-hybridized carbons (Fsp3) is 0.650. The summed E-state index contributed by atoms with van der Waals surface area (Å²) in [7, 11) is 0. The number of para-hydroxylation sites is 1. The Morgan fingerprint density at radius 2 is 2.04 bits per heavy atom. The van der Waals surface area contributed by atoms with Crippen LogP contribution in [0.15, 0.2) is 24.3 Å². The lowest BCUT2D eigenvalue weighted by atomic mass is 9.99. The van der Waals surface area contributed by atoms with E-state index in [0.29, 0.717) is 19.2 Å². The van der Waals surface area contributed by atoms with Crippen LogP contribution in [0.2, 0.25) is 0 Å². The molecule has 1 atom stereocenters. The number of carbonyl (C=O) groups is 1. The van der Waals surface area contributed by atoms with Crippen LogP contribution in [0.1, 0.15) is 25.3 Å². The first-order valence-electron chi connectivity index (χ1n) is 9.45. The smallest absolute Gasteiger partial charge is 0.219 e. The summed E-state index contributed by atoms with van der Waals surface area (Å²) in [5, 5.41) is 11.1. The number of nitrogens with zero attached hydrogens (tertiary/aromatic N) is 2. The van der Waals surface area contributed by atoms with Gasteiger partial charge in [0.1, 0.15) is 18.0 Å². The third-order valence-electron chi connectivity index (χ3n) is 5.41. The predicted molar refractivity (Wildman–Crippen MR) is 99.3 cm³/mol. The quantitative estimate of drug-likeness (QED) is 0.878. The van der Waals surface area contributed by atoms with Crippen molar-refractivity contribution in [2.24, 2.45) is 0 Å². The van der Waals surface area contributed by atoms with Crippen LogP contribution < -0.4 is 4.74 Å². The second-order valence-electron chi connectivity index (χ2n) is 7.54. The SMILES string of the molecule is CC(=O)N1CCC(N2CCOCC(O)(COc3ccccc3C)C2)CC1. The van der Waals surface area contributed by atoms with Gasteiger partial charge in [0.15, 0.2) is 0 Å². The third-order valence-corrected chi connectivity index (χ3v) is 5.41.